The maximum Gasteiger partial charge on any atom is 0.267 e. The molecule has 0 aromatic rings. The molecule has 1 fully saturated rings. The molecule has 7 nitrogen and oxygen atoms in total. The number of rotatable bonds is 5. The van der Waals surface area contributed by atoms with Gasteiger partial charge in [0.05, 0.1) is 17.5 Å². The van der Waals surface area contributed by atoms with Gasteiger partial charge in [0.1, 0.15) is 5.71 Å². The second-order valence-electron chi connectivity index (χ2n) is 6.28. The molecule has 124 valence electrons. The van der Waals surface area contributed by atoms with E-state index in [-0.39, 0.29) is 29.7 Å². The number of amides is 2. The lowest BCUT2D eigenvalue weighted by atomic mass is 10.1. The summed E-state index contributed by atoms with van der Waals surface area (Å²) >= 11 is 0. The number of sulfone groups is 1. The van der Waals surface area contributed by atoms with Crippen LogP contribution in [0, 0.1) is 5.92 Å². The van der Waals surface area contributed by atoms with E-state index in [0.29, 0.717) is 31.0 Å². The summed E-state index contributed by atoms with van der Waals surface area (Å²) in [6.45, 7) is 4.72. The van der Waals surface area contributed by atoms with Crippen molar-refractivity contribution in [3.8, 4) is 0 Å². The Morgan fingerprint density at radius 3 is 2.73 bits per heavy atom. The fraction of sp³-hybridized carbons (Fsp3) is 0.786. The van der Waals surface area contributed by atoms with Crippen LogP contribution in [0.2, 0.25) is 0 Å². The Morgan fingerprint density at radius 1 is 1.41 bits per heavy atom. The Morgan fingerprint density at radius 2 is 2.14 bits per heavy atom. The molecule has 2 aliphatic heterocycles. The molecule has 0 saturated carbocycles. The van der Waals surface area contributed by atoms with Crippen LogP contribution in [0.4, 0.5) is 0 Å². The summed E-state index contributed by atoms with van der Waals surface area (Å²) in [7, 11) is -3.09. The summed E-state index contributed by atoms with van der Waals surface area (Å²) < 4.78 is 23.1. The lowest BCUT2D eigenvalue weighted by Crippen LogP contribution is -2.44. The summed E-state index contributed by atoms with van der Waals surface area (Å²) in [5, 5.41) is 8.15. The van der Waals surface area contributed by atoms with E-state index in [2.05, 4.69) is 24.3 Å². The molecule has 0 aromatic carbocycles. The fourth-order valence-electron chi connectivity index (χ4n) is 2.56. The van der Waals surface area contributed by atoms with Gasteiger partial charge in [-0.05, 0) is 18.8 Å². The van der Waals surface area contributed by atoms with E-state index in [1.54, 1.807) is 0 Å². The molecule has 2 aliphatic rings. The molecule has 22 heavy (non-hydrogen) atoms. The van der Waals surface area contributed by atoms with Gasteiger partial charge in [-0.3, -0.25) is 9.59 Å². The van der Waals surface area contributed by atoms with Gasteiger partial charge in [-0.2, -0.15) is 5.10 Å². The Hall–Kier alpha value is -1.44. The Kier molecular flexibility index (Phi) is 5.20. The van der Waals surface area contributed by atoms with Crippen LogP contribution < -0.4 is 5.32 Å². The van der Waals surface area contributed by atoms with Crippen LogP contribution in [0.25, 0.3) is 0 Å². The second kappa shape index (κ2) is 6.76. The largest absolute Gasteiger partial charge is 0.351 e. The number of hydrazone groups is 1. The van der Waals surface area contributed by atoms with E-state index in [0.717, 1.165) is 6.42 Å². The Labute approximate surface area is 131 Å². The van der Waals surface area contributed by atoms with E-state index in [9.17, 15) is 18.0 Å². The summed E-state index contributed by atoms with van der Waals surface area (Å²) in [6, 6.07) is -0.434. The van der Waals surface area contributed by atoms with Crippen molar-refractivity contribution in [2.75, 3.05) is 18.1 Å². The van der Waals surface area contributed by atoms with E-state index in [1.807, 2.05) is 0 Å². The van der Waals surface area contributed by atoms with Crippen molar-refractivity contribution in [2.45, 2.75) is 45.6 Å². The molecule has 0 spiro atoms. The number of carbonyl (C=O) groups is 2. The van der Waals surface area contributed by atoms with Gasteiger partial charge in [0.2, 0.25) is 5.91 Å². The van der Waals surface area contributed by atoms with Crippen molar-refractivity contribution in [3.05, 3.63) is 0 Å². The first kappa shape index (κ1) is 16.9. The zero-order chi connectivity index (χ0) is 16.3. The smallest absolute Gasteiger partial charge is 0.267 e. The number of hydrogen-bond donors (Lipinski definition) is 1. The van der Waals surface area contributed by atoms with Crippen molar-refractivity contribution in [2.24, 2.45) is 11.0 Å². The first-order valence-electron chi connectivity index (χ1n) is 7.66. The molecule has 1 atom stereocenters. The van der Waals surface area contributed by atoms with Crippen molar-refractivity contribution in [1.29, 1.82) is 0 Å². The number of carbonyl (C=O) groups excluding carboxylic acids is 2. The minimum atomic E-state index is -3.09. The second-order valence-corrected chi connectivity index (χ2v) is 8.51. The lowest BCUT2D eigenvalue weighted by Gasteiger charge is -2.27. The highest BCUT2D eigenvalue weighted by Crippen LogP contribution is 2.22. The highest BCUT2D eigenvalue weighted by Gasteiger charge is 2.37. The van der Waals surface area contributed by atoms with Gasteiger partial charge in [0.25, 0.3) is 5.91 Å². The van der Waals surface area contributed by atoms with Gasteiger partial charge in [-0.15, -0.1) is 0 Å². The maximum absolute atomic E-state index is 12.1. The first-order chi connectivity index (χ1) is 10.3. The molecule has 2 amide bonds. The first-order valence-corrected chi connectivity index (χ1v) is 9.49. The molecule has 0 unspecified atom stereocenters. The zero-order valence-corrected chi connectivity index (χ0v) is 13.9. The standard InChI is InChI=1S/C14H23N3O4S/c1-10(2)5-7-15-14(19)12-3-4-13(18)17(16-12)11-6-8-22(20,21)9-11/h10-11H,3-9H2,1-2H3,(H,15,19)/t11-/m1/s1. The third kappa shape index (κ3) is 4.28. The van der Waals surface area contributed by atoms with Gasteiger partial charge < -0.3 is 5.32 Å². The molecule has 1 saturated heterocycles. The SMILES string of the molecule is CC(C)CCNC(=O)C1=NN([C@@H]2CCS(=O)(=O)C2)C(=O)CC1. The van der Waals surface area contributed by atoms with Gasteiger partial charge in [0, 0.05) is 19.4 Å². The average molecular weight is 329 g/mol. The van der Waals surface area contributed by atoms with Crippen LogP contribution in [0.15, 0.2) is 5.10 Å². The van der Waals surface area contributed by atoms with Crippen molar-refractivity contribution >= 4 is 27.4 Å². The van der Waals surface area contributed by atoms with E-state index < -0.39 is 15.9 Å². The topological polar surface area (TPSA) is 95.9 Å². The van der Waals surface area contributed by atoms with Gasteiger partial charge >= 0.3 is 0 Å². The minimum absolute atomic E-state index is 0.0650. The van der Waals surface area contributed by atoms with Crippen LogP contribution in [-0.2, 0) is 19.4 Å². The fourth-order valence-corrected chi connectivity index (χ4v) is 4.26. The number of nitrogens with one attached hydrogen (secondary N) is 1. The van der Waals surface area contributed by atoms with E-state index in [1.165, 1.54) is 5.01 Å². The molecule has 0 aliphatic carbocycles. The predicted octanol–water partition coefficient (Wildman–Crippen LogP) is 0.314. The Balaban J connectivity index is 2.01. The van der Waals surface area contributed by atoms with Gasteiger partial charge in [-0.1, -0.05) is 13.8 Å². The molecule has 0 aromatic heterocycles. The molecular formula is C14H23N3O4S. The summed E-state index contributed by atoms with van der Waals surface area (Å²) in [6.07, 6.45) is 1.78. The third-order valence-corrected chi connectivity index (χ3v) is 5.63. The molecule has 0 radical (unpaired) electrons. The number of hydrogen-bond acceptors (Lipinski definition) is 5. The van der Waals surface area contributed by atoms with Gasteiger partial charge in [0.15, 0.2) is 9.84 Å². The monoisotopic (exact) mass is 329 g/mol. The van der Waals surface area contributed by atoms with Gasteiger partial charge in [-0.25, -0.2) is 13.4 Å². The average Bonchev–Trinajstić information content (AvgIpc) is 2.79. The molecule has 2 rings (SSSR count). The van der Waals surface area contributed by atoms with E-state index >= 15 is 0 Å². The molecule has 8 heteroatoms. The lowest BCUT2D eigenvalue weighted by molar-refractivity contribution is -0.133. The predicted molar refractivity (Wildman–Crippen MR) is 83.0 cm³/mol. The van der Waals surface area contributed by atoms with Crippen molar-refractivity contribution < 1.29 is 18.0 Å². The molecule has 0 bridgehead atoms. The Bertz CT molecular complexity index is 583. The molecule has 1 N–H and O–H groups in total. The quantitative estimate of drug-likeness (QED) is 0.785. The highest BCUT2D eigenvalue weighted by molar-refractivity contribution is 7.91. The normalized spacial score (nSPS) is 24.5. The maximum atomic E-state index is 12.1. The summed E-state index contributed by atoms with van der Waals surface area (Å²) in [5.74, 6) is 0.0346. The van der Waals surface area contributed by atoms with Crippen LogP contribution in [-0.4, -0.2) is 55.0 Å². The molecule has 2 heterocycles. The highest BCUT2D eigenvalue weighted by atomic mass is 32.2. The third-order valence-electron chi connectivity index (χ3n) is 3.88. The van der Waals surface area contributed by atoms with Crippen molar-refractivity contribution in [3.63, 3.8) is 0 Å². The van der Waals surface area contributed by atoms with E-state index in [4.69, 9.17) is 0 Å². The van der Waals surface area contributed by atoms with Crippen LogP contribution in [0.5, 0.6) is 0 Å². The zero-order valence-electron chi connectivity index (χ0n) is 13.0. The number of nitrogens with zero attached hydrogens (tertiary/aromatic N) is 2. The van der Waals surface area contributed by atoms with Crippen LogP contribution in [0.1, 0.15) is 39.5 Å². The molecular weight excluding hydrogens is 306 g/mol. The van der Waals surface area contributed by atoms with Crippen LogP contribution in [0.3, 0.4) is 0 Å². The summed E-state index contributed by atoms with van der Waals surface area (Å²) in [5.41, 5.74) is 0.313. The summed E-state index contributed by atoms with van der Waals surface area (Å²) in [4.78, 5) is 24.0. The minimum Gasteiger partial charge on any atom is -0.351 e. The van der Waals surface area contributed by atoms with Crippen LogP contribution >= 0.6 is 0 Å². The van der Waals surface area contributed by atoms with Crippen molar-refractivity contribution in [1.82, 2.24) is 10.3 Å².